The van der Waals surface area contributed by atoms with Crippen LogP contribution in [0, 0.1) is 6.92 Å². The molecule has 4 rings (SSSR count). The number of rotatable bonds is 14. The topological polar surface area (TPSA) is 126 Å². The number of ketones is 1. The summed E-state index contributed by atoms with van der Waals surface area (Å²) in [5.74, 6) is 1.69. The summed E-state index contributed by atoms with van der Waals surface area (Å²) < 4.78 is 5.40. The van der Waals surface area contributed by atoms with Crippen molar-refractivity contribution in [2.45, 2.75) is 71.4 Å². The van der Waals surface area contributed by atoms with Crippen molar-refractivity contribution >= 4 is 22.6 Å². The van der Waals surface area contributed by atoms with Crippen molar-refractivity contribution in [1.29, 1.82) is 0 Å². The van der Waals surface area contributed by atoms with Gasteiger partial charge in [-0.3, -0.25) is 9.59 Å². The number of hydrogen-bond acceptors (Lipinski definition) is 5. The van der Waals surface area contributed by atoms with Crippen LogP contribution in [-0.4, -0.2) is 33.8 Å². The molecule has 0 unspecified atom stereocenters. The number of fused-ring (bicyclic) bond motifs is 1. The third kappa shape index (κ3) is 7.15. The molecule has 1 atom stereocenters. The number of aromatic nitrogens is 3. The number of nitrogens with zero attached hydrogens (tertiary/aromatic N) is 1. The molecule has 0 aliphatic heterocycles. The van der Waals surface area contributed by atoms with Crippen LogP contribution in [0.25, 0.3) is 22.2 Å². The Balaban J connectivity index is 1.51. The highest BCUT2D eigenvalue weighted by atomic mass is 16.5. The Bertz CT molecular complexity index is 1420. The summed E-state index contributed by atoms with van der Waals surface area (Å²) >= 11 is 0. The third-order valence-electron chi connectivity index (χ3n) is 7.24. The van der Waals surface area contributed by atoms with E-state index in [0.29, 0.717) is 25.2 Å². The summed E-state index contributed by atoms with van der Waals surface area (Å²) in [5, 5.41) is 4.21. The first-order chi connectivity index (χ1) is 18.9. The van der Waals surface area contributed by atoms with E-state index in [1.807, 2.05) is 56.3 Å². The SMILES string of the molecule is CCC(=O)CCCCC[C@H](NC(=O)Cc1c(C)[nH]c2ccc(OC)cc12)c1ncc(-c2cccc(CN)c2)[nH]1. The van der Waals surface area contributed by atoms with Crippen LogP contribution in [0.4, 0.5) is 0 Å². The third-order valence-corrected chi connectivity index (χ3v) is 7.24. The Morgan fingerprint density at radius 3 is 2.72 bits per heavy atom. The smallest absolute Gasteiger partial charge is 0.225 e. The van der Waals surface area contributed by atoms with Gasteiger partial charge in [-0.15, -0.1) is 0 Å². The van der Waals surface area contributed by atoms with Gasteiger partial charge in [0.05, 0.1) is 31.5 Å². The summed E-state index contributed by atoms with van der Waals surface area (Å²) in [6, 6.07) is 13.6. The standard InChI is InChI=1S/C31H39N5O3/c1-4-23(37)11-6-5-7-12-28(31-33-19-29(36-31)22-10-8-9-21(15-22)18-32)35-30(38)17-25-20(2)34-27-14-13-24(39-3)16-26(25)27/h8-10,13-16,19,28,34H,4-7,11-12,17-18,32H2,1-3H3,(H,33,36)(H,35,38)/t28-/m0/s1. The van der Waals surface area contributed by atoms with Crippen molar-refractivity contribution in [3.05, 3.63) is 71.3 Å². The van der Waals surface area contributed by atoms with E-state index in [1.54, 1.807) is 13.3 Å². The van der Waals surface area contributed by atoms with Gasteiger partial charge < -0.3 is 25.8 Å². The number of amides is 1. The molecule has 4 aromatic rings. The van der Waals surface area contributed by atoms with E-state index in [4.69, 9.17) is 10.5 Å². The molecule has 5 N–H and O–H groups in total. The second-order valence-electron chi connectivity index (χ2n) is 10.0. The van der Waals surface area contributed by atoms with Crippen LogP contribution in [-0.2, 0) is 22.6 Å². The molecule has 0 saturated carbocycles. The molecule has 2 heterocycles. The van der Waals surface area contributed by atoms with Crippen LogP contribution < -0.4 is 15.8 Å². The van der Waals surface area contributed by atoms with Gasteiger partial charge in [0.1, 0.15) is 17.4 Å². The van der Waals surface area contributed by atoms with Crippen molar-refractivity contribution in [2.24, 2.45) is 5.73 Å². The first kappa shape index (κ1) is 28.1. The lowest BCUT2D eigenvalue weighted by atomic mass is 10.0. The van der Waals surface area contributed by atoms with E-state index in [0.717, 1.165) is 76.2 Å². The zero-order valence-electron chi connectivity index (χ0n) is 23.1. The lowest BCUT2D eigenvalue weighted by Gasteiger charge is -2.17. The molecule has 39 heavy (non-hydrogen) atoms. The number of methoxy groups -OCH3 is 1. The molecule has 0 bridgehead atoms. The van der Waals surface area contributed by atoms with Gasteiger partial charge in [0, 0.05) is 36.0 Å². The molecule has 0 saturated heterocycles. The number of ether oxygens (including phenoxy) is 1. The molecule has 0 aliphatic carbocycles. The lowest BCUT2D eigenvalue weighted by Crippen LogP contribution is -2.30. The Hall–Kier alpha value is -3.91. The van der Waals surface area contributed by atoms with Crippen molar-refractivity contribution in [2.75, 3.05) is 7.11 Å². The molecule has 206 valence electrons. The van der Waals surface area contributed by atoms with Crippen molar-refractivity contribution in [1.82, 2.24) is 20.3 Å². The average molecular weight is 530 g/mol. The van der Waals surface area contributed by atoms with E-state index in [1.165, 1.54) is 0 Å². The first-order valence-corrected chi connectivity index (χ1v) is 13.7. The molecule has 8 nitrogen and oxygen atoms in total. The monoisotopic (exact) mass is 529 g/mol. The van der Waals surface area contributed by atoms with Gasteiger partial charge in [-0.1, -0.05) is 38.0 Å². The minimum atomic E-state index is -0.272. The minimum absolute atomic E-state index is 0.0731. The number of nitrogens with one attached hydrogen (secondary N) is 3. The van der Waals surface area contributed by atoms with E-state index in [9.17, 15) is 9.59 Å². The number of hydrogen-bond donors (Lipinski definition) is 4. The number of aryl methyl sites for hydroxylation is 1. The largest absolute Gasteiger partial charge is 0.497 e. The maximum Gasteiger partial charge on any atom is 0.225 e. The van der Waals surface area contributed by atoms with Crippen molar-refractivity contribution in [3.63, 3.8) is 0 Å². The molecule has 0 fully saturated rings. The summed E-state index contributed by atoms with van der Waals surface area (Å²) in [5.41, 5.74) is 11.6. The van der Waals surface area contributed by atoms with Gasteiger partial charge >= 0.3 is 0 Å². The van der Waals surface area contributed by atoms with Gasteiger partial charge in [-0.05, 0) is 60.7 Å². The maximum absolute atomic E-state index is 13.4. The molecular formula is C31H39N5O3. The Labute approximate surface area is 229 Å². The van der Waals surface area contributed by atoms with Gasteiger partial charge in [0.25, 0.3) is 0 Å². The van der Waals surface area contributed by atoms with Gasteiger partial charge in [0.15, 0.2) is 0 Å². The van der Waals surface area contributed by atoms with Crippen molar-refractivity contribution < 1.29 is 14.3 Å². The number of aromatic amines is 2. The molecule has 0 radical (unpaired) electrons. The van der Waals surface area contributed by atoms with Crippen LogP contribution in [0.1, 0.15) is 74.1 Å². The molecule has 8 heteroatoms. The molecule has 0 aliphatic rings. The first-order valence-electron chi connectivity index (χ1n) is 13.7. The molecule has 0 spiro atoms. The number of unbranched alkanes of at least 4 members (excludes halogenated alkanes) is 2. The van der Waals surface area contributed by atoms with E-state index in [2.05, 4.69) is 20.3 Å². The highest BCUT2D eigenvalue weighted by Gasteiger charge is 2.20. The average Bonchev–Trinajstić information content (AvgIpc) is 3.56. The predicted octanol–water partition coefficient (Wildman–Crippen LogP) is 5.66. The van der Waals surface area contributed by atoms with Crippen LogP contribution >= 0.6 is 0 Å². The Morgan fingerprint density at radius 1 is 1.10 bits per heavy atom. The van der Waals surface area contributed by atoms with Crippen LogP contribution in [0.3, 0.4) is 0 Å². The van der Waals surface area contributed by atoms with E-state index >= 15 is 0 Å². The Morgan fingerprint density at radius 2 is 1.95 bits per heavy atom. The minimum Gasteiger partial charge on any atom is -0.497 e. The normalized spacial score (nSPS) is 12.0. The number of nitrogens with two attached hydrogens (primary N) is 1. The molecule has 2 aromatic carbocycles. The second kappa shape index (κ2) is 13.2. The summed E-state index contributed by atoms with van der Waals surface area (Å²) in [7, 11) is 1.64. The zero-order valence-corrected chi connectivity index (χ0v) is 23.1. The fourth-order valence-corrected chi connectivity index (χ4v) is 4.95. The lowest BCUT2D eigenvalue weighted by molar-refractivity contribution is -0.121. The number of benzene rings is 2. The van der Waals surface area contributed by atoms with Gasteiger partial charge in [-0.25, -0.2) is 4.98 Å². The molecule has 1 amide bonds. The van der Waals surface area contributed by atoms with Gasteiger partial charge in [0.2, 0.25) is 5.91 Å². The number of imidazole rings is 1. The highest BCUT2D eigenvalue weighted by molar-refractivity contribution is 5.91. The predicted molar refractivity (Wildman–Crippen MR) is 154 cm³/mol. The zero-order chi connectivity index (χ0) is 27.8. The quantitative estimate of drug-likeness (QED) is 0.157. The fraction of sp³-hybridized carbons (Fsp3) is 0.387. The maximum atomic E-state index is 13.4. The number of Topliss-reactive ketones (excluding diaryl/α,β-unsaturated/α-hetero) is 1. The van der Waals surface area contributed by atoms with Crippen LogP contribution in [0.5, 0.6) is 5.75 Å². The molecular weight excluding hydrogens is 490 g/mol. The summed E-state index contributed by atoms with van der Waals surface area (Å²) in [6.45, 7) is 4.35. The van der Waals surface area contributed by atoms with Crippen LogP contribution in [0.2, 0.25) is 0 Å². The summed E-state index contributed by atoms with van der Waals surface area (Å²) in [6.07, 6.45) is 6.63. The summed E-state index contributed by atoms with van der Waals surface area (Å²) in [4.78, 5) is 36.5. The molecule has 2 aromatic heterocycles. The highest BCUT2D eigenvalue weighted by Crippen LogP contribution is 2.28. The van der Waals surface area contributed by atoms with Crippen LogP contribution in [0.15, 0.2) is 48.7 Å². The van der Waals surface area contributed by atoms with E-state index < -0.39 is 0 Å². The number of carbonyl (C=O) groups excluding carboxylic acids is 2. The van der Waals surface area contributed by atoms with Gasteiger partial charge in [-0.2, -0.15) is 0 Å². The number of H-pyrrole nitrogens is 2. The Kier molecular flexibility index (Phi) is 9.54. The van der Waals surface area contributed by atoms with Crippen molar-refractivity contribution in [3.8, 4) is 17.0 Å². The number of carbonyl (C=O) groups is 2. The second-order valence-corrected chi connectivity index (χ2v) is 10.0. The van der Waals surface area contributed by atoms with E-state index in [-0.39, 0.29) is 18.4 Å². The fourth-order valence-electron chi connectivity index (χ4n) is 4.95.